The van der Waals surface area contributed by atoms with Crippen LogP contribution in [0, 0.1) is 5.82 Å². The van der Waals surface area contributed by atoms with Crippen LogP contribution in [0.5, 0.6) is 0 Å². The molecule has 4 rings (SSSR count). The van der Waals surface area contributed by atoms with Gasteiger partial charge in [-0.15, -0.1) is 11.8 Å². The Morgan fingerprint density at radius 3 is 2.37 bits per heavy atom. The third-order valence-corrected chi connectivity index (χ3v) is 6.13. The quantitative estimate of drug-likeness (QED) is 0.800. The van der Waals surface area contributed by atoms with Crippen molar-refractivity contribution in [1.29, 1.82) is 0 Å². The molecule has 0 radical (unpaired) electrons. The van der Waals surface area contributed by atoms with Crippen LogP contribution in [0.15, 0.2) is 60.1 Å². The van der Waals surface area contributed by atoms with Gasteiger partial charge in [0.15, 0.2) is 0 Å². The van der Waals surface area contributed by atoms with Gasteiger partial charge in [-0.2, -0.15) is 0 Å². The van der Waals surface area contributed by atoms with Gasteiger partial charge in [0.05, 0.1) is 5.37 Å². The van der Waals surface area contributed by atoms with Gasteiger partial charge in [0.1, 0.15) is 5.82 Å². The van der Waals surface area contributed by atoms with Gasteiger partial charge in [0, 0.05) is 49.3 Å². The number of thioether (sulfide) groups is 1. The summed E-state index contributed by atoms with van der Waals surface area (Å²) in [6.45, 7) is 3.83. The van der Waals surface area contributed by atoms with Gasteiger partial charge < -0.3 is 20.0 Å². The average Bonchev–Trinajstić information content (AvgIpc) is 3.19. The van der Waals surface area contributed by atoms with Crippen LogP contribution in [0.1, 0.15) is 17.3 Å². The number of nitrogens with zero attached hydrogens (tertiary/aromatic N) is 3. The van der Waals surface area contributed by atoms with E-state index in [1.807, 2.05) is 30.5 Å². The summed E-state index contributed by atoms with van der Waals surface area (Å²) in [6.07, 6.45) is 2.05. The van der Waals surface area contributed by atoms with E-state index in [1.165, 1.54) is 18.2 Å². The van der Waals surface area contributed by atoms with Crippen molar-refractivity contribution in [2.75, 3.05) is 36.4 Å². The molecular weight excluding hydrogens is 403 g/mol. The van der Waals surface area contributed by atoms with Crippen molar-refractivity contribution < 1.29 is 14.0 Å². The predicted molar refractivity (Wildman–Crippen MR) is 118 cm³/mol. The topological polar surface area (TPSA) is 55.9 Å². The number of hydrogen-bond donors (Lipinski definition) is 1. The van der Waals surface area contributed by atoms with Gasteiger partial charge in [-0.25, -0.2) is 9.18 Å². The minimum atomic E-state index is -0.432. The third-order valence-electron chi connectivity index (χ3n) is 5.23. The lowest BCUT2D eigenvalue weighted by Gasteiger charge is -2.34. The van der Waals surface area contributed by atoms with Crippen LogP contribution in [-0.2, 0) is 0 Å². The van der Waals surface area contributed by atoms with Gasteiger partial charge in [-0.1, -0.05) is 6.07 Å². The fourth-order valence-corrected chi connectivity index (χ4v) is 4.29. The Balaban J connectivity index is 1.30. The molecule has 6 nitrogen and oxygen atoms in total. The van der Waals surface area contributed by atoms with E-state index in [4.69, 9.17) is 0 Å². The molecule has 1 saturated heterocycles. The van der Waals surface area contributed by atoms with E-state index in [0.717, 1.165) is 11.4 Å². The molecule has 2 heterocycles. The summed E-state index contributed by atoms with van der Waals surface area (Å²) < 4.78 is 13.4. The summed E-state index contributed by atoms with van der Waals surface area (Å²) in [5.74, 6) is -0.646. The van der Waals surface area contributed by atoms with E-state index >= 15 is 0 Å². The number of hydrogen-bond acceptors (Lipinski definition) is 4. The van der Waals surface area contributed by atoms with E-state index in [1.54, 1.807) is 27.6 Å². The van der Waals surface area contributed by atoms with E-state index in [-0.39, 0.29) is 11.9 Å². The number of benzene rings is 2. The second-order valence-corrected chi connectivity index (χ2v) is 8.42. The van der Waals surface area contributed by atoms with E-state index in [2.05, 4.69) is 22.5 Å². The minimum Gasteiger partial charge on any atom is -0.335 e. The number of rotatable bonds is 3. The summed E-state index contributed by atoms with van der Waals surface area (Å²) in [7, 11) is 0. The fraction of sp³-hybridized carbons (Fsp3) is 0.273. The van der Waals surface area contributed by atoms with Crippen LogP contribution in [0.3, 0.4) is 0 Å². The molecule has 0 aromatic heterocycles. The molecule has 0 aliphatic carbocycles. The van der Waals surface area contributed by atoms with Gasteiger partial charge in [-0.3, -0.25) is 4.79 Å². The maximum atomic E-state index is 13.4. The number of amides is 3. The van der Waals surface area contributed by atoms with Gasteiger partial charge in [0.25, 0.3) is 5.91 Å². The zero-order valence-corrected chi connectivity index (χ0v) is 17.4. The lowest BCUT2D eigenvalue weighted by Crippen LogP contribution is -2.51. The first-order valence-electron chi connectivity index (χ1n) is 9.82. The molecule has 30 heavy (non-hydrogen) atoms. The molecular formula is C22H23FN4O2S. The Bertz CT molecular complexity index is 958. The Labute approximate surface area is 179 Å². The zero-order chi connectivity index (χ0) is 21.1. The molecule has 2 aromatic rings. The molecule has 0 spiro atoms. The molecule has 3 amide bonds. The second kappa shape index (κ2) is 8.79. The van der Waals surface area contributed by atoms with Crippen molar-refractivity contribution in [1.82, 2.24) is 9.80 Å². The summed E-state index contributed by atoms with van der Waals surface area (Å²) in [5.41, 5.74) is 2.13. The molecule has 8 heteroatoms. The highest BCUT2D eigenvalue weighted by molar-refractivity contribution is 8.03. The largest absolute Gasteiger partial charge is 0.335 e. The molecule has 0 bridgehead atoms. The maximum Gasteiger partial charge on any atom is 0.321 e. The second-order valence-electron chi connectivity index (χ2n) is 7.19. The maximum absolute atomic E-state index is 13.4. The summed E-state index contributed by atoms with van der Waals surface area (Å²) >= 11 is 1.76. The molecule has 1 atom stereocenters. The van der Waals surface area contributed by atoms with E-state index in [9.17, 15) is 14.0 Å². The summed E-state index contributed by atoms with van der Waals surface area (Å²) in [5, 5.41) is 5.34. The van der Waals surface area contributed by atoms with Crippen LogP contribution in [0.2, 0.25) is 0 Å². The molecule has 1 unspecified atom stereocenters. The van der Waals surface area contributed by atoms with Crippen molar-refractivity contribution >= 4 is 35.1 Å². The van der Waals surface area contributed by atoms with Crippen molar-refractivity contribution in [2.45, 2.75) is 12.3 Å². The Kier molecular flexibility index (Phi) is 5.94. The molecule has 2 aliphatic heterocycles. The van der Waals surface area contributed by atoms with Crippen molar-refractivity contribution in [3.63, 3.8) is 0 Å². The first-order chi connectivity index (χ1) is 14.5. The molecule has 0 saturated carbocycles. The molecule has 1 N–H and O–H groups in total. The van der Waals surface area contributed by atoms with Gasteiger partial charge in [0.2, 0.25) is 0 Å². The van der Waals surface area contributed by atoms with Crippen LogP contribution in [0.25, 0.3) is 0 Å². The number of nitrogens with one attached hydrogen (secondary N) is 1. The summed E-state index contributed by atoms with van der Waals surface area (Å²) in [4.78, 5) is 30.6. The normalized spacial score (nSPS) is 18.6. The molecule has 2 aliphatic rings. The number of carbonyl (C=O) groups is 2. The Morgan fingerprint density at radius 1 is 1.03 bits per heavy atom. The first kappa shape index (κ1) is 20.3. The fourth-order valence-electron chi connectivity index (χ4n) is 3.53. The number of carbonyl (C=O) groups excluding carboxylic acids is 2. The van der Waals surface area contributed by atoms with Crippen LogP contribution in [-0.4, -0.2) is 53.3 Å². The minimum absolute atomic E-state index is 0.189. The average molecular weight is 427 g/mol. The number of anilines is 2. The smallest absolute Gasteiger partial charge is 0.321 e. The van der Waals surface area contributed by atoms with Crippen molar-refractivity contribution in [2.24, 2.45) is 0 Å². The SMILES string of the molecule is CC1SC=CN1c1ccc(NC(=O)N2CCN(C(=O)c3cccc(F)c3)CC2)cc1. The number of urea groups is 1. The van der Waals surface area contributed by atoms with E-state index < -0.39 is 5.82 Å². The molecule has 156 valence electrons. The lowest BCUT2D eigenvalue weighted by atomic mass is 10.2. The molecule has 1 fully saturated rings. The Morgan fingerprint density at radius 2 is 1.73 bits per heavy atom. The van der Waals surface area contributed by atoms with Crippen LogP contribution in [0.4, 0.5) is 20.6 Å². The van der Waals surface area contributed by atoms with Crippen LogP contribution < -0.4 is 10.2 Å². The van der Waals surface area contributed by atoms with Crippen molar-refractivity contribution in [3.05, 3.63) is 71.5 Å². The monoisotopic (exact) mass is 426 g/mol. The first-order valence-corrected chi connectivity index (χ1v) is 10.8. The Hall–Kier alpha value is -3.00. The highest BCUT2D eigenvalue weighted by Gasteiger charge is 2.25. The van der Waals surface area contributed by atoms with Crippen LogP contribution >= 0.6 is 11.8 Å². The third kappa shape index (κ3) is 4.43. The predicted octanol–water partition coefficient (Wildman–Crippen LogP) is 4.19. The lowest BCUT2D eigenvalue weighted by molar-refractivity contribution is 0.0671. The standard InChI is InChI=1S/C22H23FN4O2S/c1-16-27(13-14-30-16)20-7-5-19(6-8-20)24-22(29)26-11-9-25(10-12-26)21(28)17-3-2-4-18(23)15-17/h2-8,13-16H,9-12H2,1H3,(H,24,29). The van der Waals surface area contributed by atoms with Gasteiger partial charge >= 0.3 is 6.03 Å². The highest BCUT2D eigenvalue weighted by Crippen LogP contribution is 2.30. The molecule has 2 aromatic carbocycles. The van der Waals surface area contributed by atoms with Gasteiger partial charge in [-0.05, 0) is 54.8 Å². The highest BCUT2D eigenvalue weighted by atomic mass is 32.2. The van der Waals surface area contributed by atoms with E-state index in [0.29, 0.717) is 37.1 Å². The summed E-state index contributed by atoms with van der Waals surface area (Å²) in [6, 6.07) is 13.2. The number of halogens is 1. The zero-order valence-electron chi connectivity index (χ0n) is 16.6. The van der Waals surface area contributed by atoms with Crippen molar-refractivity contribution in [3.8, 4) is 0 Å². The number of piperazine rings is 1.